The zero-order valence-electron chi connectivity index (χ0n) is 8.09. The first-order valence-corrected chi connectivity index (χ1v) is 6.41. The number of nitrogens with two attached hydrogens (primary N) is 1. The number of nitrogens with zero attached hydrogens (tertiary/aromatic N) is 2. The second-order valence-electron chi connectivity index (χ2n) is 2.95. The number of hydrogen-bond acceptors (Lipinski definition) is 5. The number of thiazole rings is 1. The van der Waals surface area contributed by atoms with Crippen LogP contribution >= 0.6 is 23.1 Å². The Balaban J connectivity index is 1.98. The van der Waals surface area contributed by atoms with Crippen LogP contribution in [0.1, 0.15) is 11.3 Å². The van der Waals surface area contributed by atoms with Crippen LogP contribution < -0.4 is 5.73 Å². The molecule has 15 heavy (non-hydrogen) atoms. The summed E-state index contributed by atoms with van der Waals surface area (Å²) in [5.41, 5.74) is 7.71. The van der Waals surface area contributed by atoms with Crippen molar-refractivity contribution < 1.29 is 0 Å². The van der Waals surface area contributed by atoms with E-state index >= 15 is 0 Å². The van der Waals surface area contributed by atoms with Crippen LogP contribution in [0, 0.1) is 0 Å². The third kappa shape index (κ3) is 3.02. The highest BCUT2D eigenvalue weighted by molar-refractivity contribution is 8.00. The van der Waals surface area contributed by atoms with Gasteiger partial charge in [-0.25, -0.2) is 4.98 Å². The van der Waals surface area contributed by atoms with Gasteiger partial charge in [-0.3, -0.25) is 4.98 Å². The van der Waals surface area contributed by atoms with Gasteiger partial charge in [0, 0.05) is 30.1 Å². The maximum atomic E-state index is 5.53. The van der Waals surface area contributed by atoms with Gasteiger partial charge >= 0.3 is 0 Å². The van der Waals surface area contributed by atoms with E-state index in [2.05, 4.69) is 9.97 Å². The minimum Gasteiger partial charge on any atom is -0.325 e. The molecular formula is C10H11N3S2. The van der Waals surface area contributed by atoms with Gasteiger partial charge in [-0.1, -0.05) is 11.8 Å². The number of aromatic nitrogens is 2. The van der Waals surface area contributed by atoms with Crippen LogP contribution in [0.4, 0.5) is 0 Å². The van der Waals surface area contributed by atoms with E-state index in [0.717, 1.165) is 15.8 Å². The molecule has 2 rings (SSSR count). The second-order valence-corrected chi connectivity index (χ2v) is 5.06. The van der Waals surface area contributed by atoms with Crippen molar-refractivity contribution in [3.05, 3.63) is 41.2 Å². The fourth-order valence-electron chi connectivity index (χ4n) is 1.16. The van der Waals surface area contributed by atoms with E-state index in [-0.39, 0.29) is 0 Å². The summed E-state index contributed by atoms with van der Waals surface area (Å²) >= 11 is 3.40. The minimum absolute atomic E-state index is 0.496. The molecule has 5 heteroatoms. The predicted octanol–water partition coefficient (Wildman–Crippen LogP) is 2.29. The first-order valence-electron chi connectivity index (χ1n) is 4.54. The molecule has 2 N–H and O–H groups in total. The van der Waals surface area contributed by atoms with E-state index < -0.39 is 0 Å². The molecule has 0 fully saturated rings. The van der Waals surface area contributed by atoms with Crippen molar-refractivity contribution in [3.63, 3.8) is 0 Å². The van der Waals surface area contributed by atoms with Crippen LogP contribution in [0.15, 0.2) is 34.2 Å². The highest BCUT2D eigenvalue weighted by Crippen LogP contribution is 2.24. The molecule has 0 atom stereocenters. The quantitative estimate of drug-likeness (QED) is 0.829. The second kappa shape index (κ2) is 5.25. The van der Waals surface area contributed by atoms with Gasteiger partial charge in [-0.15, -0.1) is 11.3 Å². The summed E-state index contributed by atoms with van der Waals surface area (Å²) in [6.07, 6.45) is 3.63. The Kier molecular flexibility index (Phi) is 3.71. The average Bonchev–Trinajstić information content (AvgIpc) is 2.79. The van der Waals surface area contributed by atoms with Crippen molar-refractivity contribution in [2.24, 2.45) is 5.73 Å². The molecule has 0 amide bonds. The maximum Gasteiger partial charge on any atom is 0.150 e. The molecule has 0 saturated heterocycles. The Morgan fingerprint density at radius 3 is 3.00 bits per heavy atom. The van der Waals surface area contributed by atoms with Crippen LogP contribution in [-0.4, -0.2) is 9.97 Å². The molecule has 3 nitrogen and oxygen atoms in total. The Morgan fingerprint density at radius 1 is 1.33 bits per heavy atom. The molecule has 2 aromatic rings. The Labute approximate surface area is 96.8 Å². The van der Waals surface area contributed by atoms with Gasteiger partial charge in [-0.2, -0.15) is 0 Å². The van der Waals surface area contributed by atoms with Crippen molar-refractivity contribution in [2.45, 2.75) is 16.6 Å². The molecular weight excluding hydrogens is 226 g/mol. The van der Waals surface area contributed by atoms with Crippen LogP contribution in [0.5, 0.6) is 0 Å². The van der Waals surface area contributed by atoms with Crippen LogP contribution in [-0.2, 0) is 12.3 Å². The zero-order valence-corrected chi connectivity index (χ0v) is 9.72. The first kappa shape index (κ1) is 10.6. The van der Waals surface area contributed by atoms with E-state index in [1.807, 2.05) is 23.7 Å². The van der Waals surface area contributed by atoms with Crippen molar-refractivity contribution in [1.82, 2.24) is 9.97 Å². The molecule has 0 aromatic carbocycles. The van der Waals surface area contributed by atoms with Crippen LogP contribution in [0.2, 0.25) is 0 Å². The van der Waals surface area contributed by atoms with E-state index in [1.165, 1.54) is 5.56 Å². The van der Waals surface area contributed by atoms with Gasteiger partial charge in [0.2, 0.25) is 0 Å². The Morgan fingerprint density at radius 2 is 2.27 bits per heavy atom. The van der Waals surface area contributed by atoms with Gasteiger partial charge < -0.3 is 5.73 Å². The molecule has 0 aliphatic heterocycles. The van der Waals surface area contributed by atoms with E-state index in [9.17, 15) is 0 Å². The fourth-order valence-corrected chi connectivity index (χ4v) is 2.74. The zero-order chi connectivity index (χ0) is 10.5. The molecule has 78 valence electrons. The summed E-state index contributed by atoms with van der Waals surface area (Å²) in [5, 5.41) is 1.99. The van der Waals surface area contributed by atoms with Crippen LogP contribution in [0.3, 0.4) is 0 Å². The summed E-state index contributed by atoms with van der Waals surface area (Å²) in [6, 6.07) is 4.06. The lowest BCUT2D eigenvalue weighted by atomic mass is 10.2. The Bertz CT molecular complexity index is 414. The SMILES string of the molecule is NCc1cc(CSc2nccs2)ccn1. The molecule has 0 saturated carbocycles. The molecule has 0 radical (unpaired) electrons. The standard InChI is InChI=1S/C10H11N3S2/c11-6-9-5-8(1-2-12-9)7-15-10-13-3-4-14-10/h1-5H,6-7,11H2. The number of thioether (sulfide) groups is 1. The molecule has 0 spiro atoms. The summed E-state index contributed by atoms with van der Waals surface area (Å²) in [7, 11) is 0. The lowest BCUT2D eigenvalue weighted by molar-refractivity contribution is 0.983. The highest BCUT2D eigenvalue weighted by Gasteiger charge is 1.99. The first-order chi connectivity index (χ1) is 7.38. The van der Waals surface area contributed by atoms with Crippen molar-refractivity contribution in [3.8, 4) is 0 Å². The van der Waals surface area contributed by atoms with Gasteiger partial charge in [0.15, 0.2) is 0 Å². The smallest absolute Gasteiger partial charge is 0.150 e. The fraction of sp³-hybridized carbons (Fsp3) is 0.200. The average molecular weight is 237 g/mol. The van der Waals surface area contributed by atoms with Gasteiger partial charge in [0.1, 0.15) is 4.34 Å². The van der Waals surface area contributed by atoms with Crippen molar-refractivity contribution in [2.75, 3.05) is 0 Å². The number of hydrogen-bond donors (Lipinski definition) is 1. The molecule has 2 aromatic heterocycles. The molecule has 0 bridgehead atoms. The van der Waals surface area contributed by atoms with Gasteiger partial charge in [0.25, 0.3) is 0 Å². The minimum atomic E-state index is 0.496. The third-order valence-electron chi connectivity index (χ3n) is 1.86. The predicted molar refractivity (Wildman–Crippen MR) is 63.8 cm³/mol. The summed E-state index contributed by atoms with van der Waals surface area (Å²) < 4.78 is 1.10. The van der Waals surface area contributed by atoms with Crippen LogP contribution in [0.25, 0.3) is 0 Å². The molecule has 0 unspecified atom stereocenters. The number of pyridine rings is 1. The topological polar surface area (TPSA) is 51.8 Å². The largest absolute Gasteiger partial charge is 0.325 e. The molecule has 0 aliphatic rings. The Hall–Kier alpha value is -0.910. The highest BCUT2D eigenvalue weighted by atomic mass is 32.2. The van der Waals surface area contributed by atoms with E-state index in [4.69, 9.17) is 5.73 Å². The summed E-state index contributed by atoms with van der Waals surface area (Å²) in [4.78, 5) is 8.37. The molecule has 0 aliphatic carbocycles. The maximum absolute atomic E-state index is 5.53. The monoisotopic (exact) mass is 237 g/mol. The molecule has 2 heterocycles. The van der Waals surface area contributed by atoms with Crippen molar-refractivity contribution >= 4 is 23.1 Å². The lowest BCUT2D eigenvalue weighted by Crippen LogP contribution is -1.99. The van der Waals surface area contributed by atoms with E-state index in [1.54, 1.807) is 29.3 Å². The summed E-state index contributed by atoms with van der Waals surface area (Å²) in [5.74, 6) is 0.920. The lowest BCUT2D eigenvalue weighted by Gasteiger charge is -2.01. The normalized spacial score (nSPS) is 10.5. The van der Waals surface area contributed by atoms with Gasteiger partial charge in [0.05, 0.1) is 5.69 Å². The van der Waals surface area contributed by atoms with Gasteiger partial charge in [-0.05, 0) is 17.7 Å². The van der Waals surface area contributed by atoms with E-state index in [0.29, 0.717) is 6.54 Å². The summed E-state index contributed by atoms with van der Waals surface area (Å²) in [6.45, 7) is 0.496. The van der Waals surface area contributed by atoms with Crippen molar-refractivity contribution in [1.29, 1.82) is 0 Å². The number of rotatable bonds is 4. The third-order valence-corrected chi connectivity index (χ3v) is 3.90.